The molecule has 0 N–H and O–H groups in total. The van der Waals surface area contributed by atoms with Gasteiger partial charge in [-0.05, 0) is 18.2 Å². The van der Waals surface area contributed by atoms with Crippen LogP contribution in [0.15, 0.2) is 18.2 Å². The second kappa shape index (κ2) is 5.42. The Bertz CT molecular complexity index is 633. The van der Waals surface area contributed by atoms with Gasteiger partial charge in [-0.15, -0.1) is 13.2 Å². The number of benzene rings is 1. The molecule has 0 radical (unpaired) electrons. The molecule has 0 heterocycles. The van der Waals surface area contributed by atoms with Crippen molar-refractivity contribution in [1.82, 2.24) is 0 Å². The second-order valence-corrected chi connectivity index (χ2v) is 4.89. The molecule has 0 aliphatic heterocycles. The smallest absolute Gasteiger partial charge is 0.402 e. The van der Waals surface area contributed by atoms with Gasteiger partial charge in [-0.3, -0.25) is 4.79 Å². The van der Waals surface area contributed by atoms with Crippen LogP contribution >= 0.6 is 0 Å². The fourth-order valence-corrected chi connectivity index (χ4v) is 1.51. The van der Waals surface area contributed by atoms with Crippen LogP contribution in [0.2, 0.25) is 0 Å². The minimum absolute atomic E-state index is 0.0747. The highest BCUT2D eigenvalue weighted by atomic mass is 32.2. The zero-order valence-electron chi connectivity index (χ0n) is 9.53. The van der Waals surface area contributed by atoms with Gasteiger partial charge in [0.2, 0.25) is 0 Å². The summed E-state index contributed by atoms with van der Waals surface area (Å²) in [6.07, 6.45) is -5.26. The summed E-state index contributed by atoms with van der Waals surface area (Å²) in [6.45, 7) is 0. The lowest BCUT2D eigenvalue weighted by Gasteiger charge is -2.15. The van der Waals surface area contributed by atoms with Gasteiger partial charge in [0, 0.05) is 5.56 Å². The summed E-state index contributed by atoms with van der Waals surface area (Å²) in [6, 6.07) is 1.55. The molecule has 0 fully saturated rings. The van der Waals surface area contributed by atoms with E-state index in [0.29, 0.717) is 12.1 Å². The number of rotatable bonds is 4. The molecule has 1 rings (SSSR count). The molecule has 0 atom stereocenters. The van der Waals surface area contributed by atoms with Crippen LogP contribution in [0.3, 0.4) is 0 Å². The number of halogens is 6. The second-order valence-electron chi connectivity index (χ2n) is 3.36. The van der Waals surface area contributed by atoms with Crippen LogP contribution in [0.5, 0.6) is 11.5 Å². The maximum atomic E-state index is 12.1. The molecule has 5 nitrogen and oxygen atoms in total. The third-order valence-corrected chi connectivity index (χ3v) is 2.78. The summed E-state index contributed by atoms with van der Waals surface area (Å²) in [4.78, 5) is 10.4. The van der Waals surface area contributed by atoms with Crippen molar-refractivity contribution in [2.75, 3.05) is 0 Å². The van der Waals surface area contributed by atoms with Gasteiger partial charge in [0.1, 0.15) is 6.29 Å². The van der Waals surface area contributed by atoms with Crippen molar-refractivity contribution in [2.24, 2.45) is 0 Å². The molecule has 0 aromatic heterocycles. The molecule has 0 aliphatic carbocycles. The molecule has 0 unspecified atom stereocenters. The topological polar surface area (TPSA) is 69.7 Å². The fraction of sp³-hybridized carbons (Fsp3) is 0.222. The standard InChI is InChI=1S/C9H4F6O5S/c10-8(11,12)19-7-3-5(4-16)1-2-6(7)20-21(17,18)9(13,14)15/h1-4H. The van der Waals surface area contributed by atoms with Gasteiger partial charge >= 0.3 is 22.0 Å². The number of hydrogen-bond acceptors (Lipinski definition) is 5. The number of carbonyl (C=O) groups is 1. The lowest BCUT2D eigenvalue weighted by molar-refractivity contribution is -0.275. The Labute approximate surface area is 113 Å². The minimum Gasteiger partial charge on any atom is -0.402 e. The van der Waals surface area contributed by atoms with E-state index in [1.807, 2.05) is 0 Å². The lowest BCUT2D eigenvalue weighted by Crippen LogP contribution is -2.28. The van der Waals surface area contributed by atoms with E-state index in [0.717, 1.165) is 6.07 Å². The summed E-state index contributed by atoms with van der Waals surface area (Å²) in [5.41, 5.74) is -6.24. The Morgan fingerprint density at radius 3 is 2.00 bits per heavy atom. The molecule has 0 saturated carbocycles. The Kier molecular flexibility index (Phi) is 4.41. The first kappa shape index (κ1) is 17.1. The maximum Gasteiger partial charge on any atom is 0.573 e. The van der Waals surface area contributed by atoms with Crippen LogP contribution in [0.1, 0.15) is 10.4 Å². The van der Waals surface area contributed by atoms with Gasteiger partial charge in [-0.25, -0.2) is 0 Å². The van der Waals surface area contributed by atoms with E-state index < -0.39 is 39.1 Å². The first-order chi connectivity index (χ1) is 9.36. The average Bonchev–Trinajstić information content (AvgIpc) is 2.27. The highest BCUT2D eigenvalue weighted by molar-refractivity contribution is 7.88. The van der Waals surface area contributed by atoms with Gasteiger partial charge in [0.05, 0.1) is 0 Å². The number of alkyl halides is 6. The van der Waals surface area contributed by atoms with Gasteiger partial charge < -0.3 is 8.92 Å². The summed E-state index contributed by atoms with van der Waals surface area (Å²) in [5, 5.41) is 0. The van der Waals surface area contributed by atoms with Crippen molar-refractivity contribution in [3.63, 3.8) is 0 Å². The quantitative estimate of drug-likeness (QED) is 0.365. The van der Waals surface area contributed by atoms with Crippen LogP contribution < -0.4 is 8.92 Å². The molecular formula is C9H4F6O5S. The van der Waals surface area contributed by atoms with Crippen molar-refractivity contribution in [1.29, 1.82) is 0 Å². The van der Waals surface area contributed by atoms with E-state index in [1.165, 1.54) is 0 Å². The highest BCUT2D eigenvalue weighted by Gasteiger charge is 2.49. The third-order valence-electron chi connectivity index (χ3n) is 1.81. The minimum atomic E-state index is -6.18. The predicted octanol–water partition coefficient (Wildman–Crippen LogP) is 2.63. The predicted molar refractivity (Wildman–Crippen MR) is 54.1 cm³/mol. The molecule has 0 aliphatic rings. The van der Waals surface area contributed by atoms with E-state index in [-0.39, 0.29) is 6.29 Å². The van der Waals surface area contributed by atoms with Crippen molar-refractivity contribution in [2.45, 2.75) is 11.9 Å². The molecule has 1 aromatic rings. The van der Waals surface area contributed by atoms with Crippen molar-refractivity contribution in [3.8, 4) is 11.5 Å². The molecule has 12 heteroatoms. The first-order valence-corrected chi connectivity index (χ1v) is 6.12. The summed E-state index contributed by atoms with van der Waals surface area (Å²) >= 11 is 0. The van der Waals surface area contributed by atoms with Crippen LogP contribution in [0, 0.1) is 0 Å². The first-order valence-electron chi connectivity index (χ1n) is 4.71. The number of ether oxygens (including phenoxy) is 1. The summed E-state index contributed by atoms with van der Waals surface area (Å²) in [7, 11) is -6.18. The van der Waals surface area contributed by atoms with Gasteiger partial charge in [0.25, 0.3) is 0 Å². The molecule has 118 valence electrons. The largest absolute Gasteiger partial charge is 0.573 e. The van der Waals surface area contributed by atoms with Gasteiger partial charge in [-0.1, -0.05) is 0 Å². The van der Waals surface area contributed by atoms with Crippen LogP contribution in [0.4, 0.5) is 26.3 Å². The van der Waals surface area contributed by atoms with E-state index >= 15 is 0 Å². The summed E-state index contributed by atoms with van der Waals surface area (Å²) < 4.78 is 101. The summed E-state index contributed by atoms with van der Waals surface area (Å²) in [5.74, 6) is -2.77. The normalized spacial score (nSPS) is 12.9. The molecule has 1 aromatic carbocycles. The number of hydrogen-bond donors (Lipinski definition) is 0. The van der Waals surface area contributed by atoms with Gasteiger partial charge in [0.15, 0.2) is 11.5 Å². The lowest BCUT2D eigenvalue weighted by atomic mass is 10.2. The fourth-order valence-electron chi connectivity index (χ4n) is 1.04. The number of carbonyl (C=O) groups excluding carboxylic acids is 1. The molecule has 0 bridgehead atoms. The van der Waals surface area contributed by atoms with E-state index in [2.05, 4.69) is 8.92 Å². The molecule has 0 amide bonds. The third kappa shape index (κ3) is 4.51. The van der Waals surface area contributed by atoms with Crippen molar-refractivity contribution in [3.05, 3.63) is 23.8 Å². The molecule has 0 spiro atoms. The van der Waals surface area contributed by atoms with Crippen molar-refractivity contribution >= 4 is 16.4 Å². The monoisotopic (exact) mass is 338 g/mol. The maximum absolute atomic E-state index is 12.1. The highest BCUT2D eigenvalue weighted by Crippen LogP contribution is 2.36. The molecular weight excluding hydrogens is 334 g/mol. The molecule has 21 heavy (non-hydrogen) atoms. The van der Waals surface area contributed by atoms with E-state index in [1.54, 1.807) is 0 Å². The Balaban J connectivity index is 3.27. The number of aldehydes is 1. The Morgan fingerprint density at radius 2 is 1.57 bits per heavy atom. The molecule has 0 saturated heterocycles. The SMILES string of the molecule is O=Cc1ccc(OS(=O)(=O)C(F)(F)F)c(OC(F)(F)F)c1. The zero-order chi connectivity index (χ0) is 16.5. The van der Waals surface area contributed by atoms with E-state index in [9.17, 15) is 39.6 Å². The van der Waals surface area contributed by atoms with Crippen LogP contribution in [0.25, 0.3) is 0 Å². The van der Waals surface area contributed by atoms with Crippen molar-refractivity contribution < 1.29 is 48.5 Å². The Hall–Kier alpha value is -1.98. The zero-order valence-corrected chi connectivity index (χ0v) is 10.3. The average molecular weight is 338 g/mol. The van der Waals surface area contributed by atoms with Crippen LogP contribution in [-0.4, -0.2) is 26.6 Å². The van der Waals surface area contributed by atoms with E-state index in [4.69, 9.17) is 0 Å². The Morgan fingerprint density at radius 1 is 1.00 bits per heavy atom. The van der Waals surface area contributed by atoms with Crippen LogP contribution in [-0.2, 0) is 10.1 Å². The van der Waals surface area contributed by atoms with Gasteiger partial charge in [-0.2, -0.15) is 21.6 Å².